The highest BCUT2D eigenvalue weighted by molar-refractivity contribution is 7.99. The van der Waals surface area contributed by atoms with Crippen molar-refractivity contribution in [3.63, 3.8) is 0 Å². The lowest BCUT2D eigenvalue weighted by molar-refractivity contribution is -0.113. The van der Waals surface area contributed by atoms with Crippen LogP contribution in [0.2, 0.25) is 0 Å². The second kappa shape index (κ2) is 11.0. The van der Waals surface area contributed by atoms with Gasteiger partial charge in [0.05, 0.1) is 17.9 Å². The maximum Gasteiger partial charge on any atom is 0.341 e. The molecule has 0 bridgehead atoms. The van der Waals surface area contributed by atoms with E-state index in [2.05, 4.69) is 52.3 Å². The topological polar surface area (TPSA) is 86.1 Å². The Hall–Kier alpha value is -2.17. The molecule has 1 N–H and O–H groups in total. The molecule has 3 heterocycles. The second-order valence-corrected chi connectivity index (χ2v) is 11.7. The van der Waals surface area contributed by atoms with E-state index in [1.54, 1.807) is 18.3 Å². The van der Waals surface area contributed by atoms with E-state index >= 15 is 0 Å². The van der Waals surface area contributed by atoms with Gasteiger partial charge in [-0.15, -0.1) is 32.9 Å². The quantitative estimate of drug-likeness (QED) is 0.284. The van der Waals surface area contributed by atoms with Crippen LogP contribution in [0.1, 0.15) is 59.3 Å². The molecule has 0 unspecified atom stereocenters. The molecule has 10 heteroatoms. The van der Waals surface area contributed by atoms with Gasteiger partial charge in [-0.05, 0) is 57.1 Å². The van der Waals surface area contributed by atoms with Crippen LogP contribution in [0, 0.1) is 12.8 Å². The van der Waals surface area contributed by atoms with Crippen molar-refractivity contribution in [2.45, 2.75) is 65.1 Å². The van der Waals surface area contributed by atoms with Crippen LogP contribution >= 0.6 is 34.4 Å². The van der Waals surface area contributed by atoms with Gasteiger partial charge in [-0.25, -0.2) is 4.79 Å². The summed E-state index contributed by atoms with van der Waals surface area (Å²) in [7, 11) is 0. The molecule has 1 aliphatic rings. The number of nitrogens with one attached hydrogen (secondary N) is 1. The van der Waals surface area contributed by atoms with Gasteiger partial charge in [0, 0.05) is 27.2 Å². The molecule has 4 rings (SSSR count). The Kier molecular flexibility index (Phi) is 8.10. The summed E-state index contributed by atoms with van der Waals surface area (Å²) in [5.41, 5.74) is 2.64. The first-order valence-electron chi connectivity index (χ1n) is 11.6. The average molecular weight is 519 g/mol. The first-order valence-corrected chi connectivity index (χ1v) is 14.3. The molecule has 1 aliphatic carbocycles. The molecule has 0 spiro atoms. The summed E-state index contributed by atoms with van der Waals surface area (Å²) in [5.74, 6) is 1.08. The molecular weight excluding hydrogens is 488 g/mol. The zero-order valence-corrected chi connectivity index (χ0v) is 22.4. The third kappa shape index (κ3) is 5.39. The summed E-state index contributed by atoms with van der Waals surface area (Å²) >= 11 is 4.56. The first-order chi connectivity index (χ1) is 16.4. The van der Waals surface area contributed by atoms with E-state index in [0.717, 1.165) is 54.3 Å². The van der Waals surface area contributed by atoms with Gasteiger partial charge in [0.25, 0.3) is 0 Å². The number of nitrogens with zero attached hydrogens (tertiary/aromatic N) is 3. The number of thioether (sulfide) groups is 1. The van der Waals surface area contributed by atoms with Crippen molar-refractivity contribution in [3.8, 4) is 11.4 Å². The van der Waals surface area contributed by atoms with Crippen LogP contribution in [0.3, 0.4) is 0 Å². The molecule has 0 fully saturated rings. The zero-order chi connectivity index (χ0) is 24.2. The number of aromatic nitrogens is 3. The predicted octanol–water partition coefficient (Wildman–Crippen LogP) is 5.82. The Labute approximate surface area is 212 Å². The van der Waals surface area contributed by atoms with E-state index < -0.39 is 0 Å². The van der Waals surface area contributed by atoms with E-state index in [9.17, 15) is 9.59 Å². The Bertz CT molecular complexity index is 1180. The van der Waals surface area contributed by atoms with Crippen molar-refractivity contribution < 1.29 is 14.3 Å². The minimum Gasteiger partial charge on any atom is -0.462 e. The fraction of sp³-hybridized carbons (Fsp3) is 0.500. The van der Waals surface area contributed by atoms with Crippen molar-refractivity contribution in [2.75, 3.05) is 17.7 Å². The van der Waals surface area contributed by atoms with Crippen LogP contribution in [-0.2, 0) is 28.9 Å². The molecule has 34 heavy (non-hydrogen) atoms. The van der Waals surface area contributed by atoms with E-state index in [4.69, 9.17) is 4.74 Å². The number of carbonyl (C=O) groups excluding carboxylic acids is 2. The van der Waals surface area contributed by atoms with Crippen molar-refractivity contribution in [3.05, 3.63) is 32.3 Å². The first kappa shape index (κ1) is 24.9. The predicted molar refractivity (Wildman–Crippen MR) is 139 cm³/mol. The largest absolute Gasteiger partial charge is 0.462 e. The van der Waals surface area contributed by atoms with E-state index in [0.29, 0.717) is 23.1 Å². The Balaban J connectivity index is 1.50. The number of fused-ring (bicyclic) bond motifs is 1. The Morgan fingerprint density at radius 1 is 1.32 bits per heavy atom. The number of rotatable bonds is 9. The molecule has 7 nitrogen and oxygen atoms in total. The molecule has 1 atom stereocenters. The van der Waals surface area contributed by atoms with Gasteiger partial charge in [0.1, 0.15) is 5.00 Å². The molecule has 0 aromatic carbocycles. The lowest BCUT2D eigenvalue weighted by atomic mass is 9.88. The van der Waals surface area contributed by atoms with Crippen molar-refractivity contribution in [2.24, 2.45) is 5.92 Å². The molecular formula is C24H30N4O3S3. The molecule has 3 aromatic heterocycles. The molecule has 0 aliphatic heterocycles. The number of amides is 1. The highest BCUT2D eigenvalue weighted by atomic mass is 32.2. The molecule has 0 radical (unpaired) electrons. The van der Waals surface area contributed by atoms with Crippen molar-refractivity contribution >= 4 is 51.3 Å². The average Bonchev–Trinajstić information content (AvgIpc) is 3.49. The smallest absolute Gasteiger partial charge is 0.341 e. The zero-order valence-electron chi connectivity index (χ0n) is 20.0. The van der Waals surface area contributed by atoms with Crippen LogP contribution < -0.4 is 5.32 Å². The van der Waals surface area contributed by atoms with Crippen LogP contribution in [0.25, 0.3) is 11.4 Å². The van der Waals surface area contributed by atoms with Gasteiger partial charge in [0.2, 0.25) is 5.91 Å². The van der Waals surface area contributed by atoms with Crippen LogP contribution in [0.4, 0.5) is 5.00 Å². The molecule has 3 aromatic rings. The van der Waals surface area contributed by atoms with Gasteiger partial charge in [-0.3, -0.25) is 4.79 Å². The van der Waals surface area contributed by atoms with E-state index in [1.165, 1.54) is 32.9 Å². The lowest BCUT2D eigenvalue weighted by Crippen LogP contribution is -2.18. The van der Waals surface area contributed by atoms with Gasteiger partial charge < -0.3 is 14.6 Å². The van der Waals surface area contributed by atoms with Crippen LogP contribution in [0.15, 0.2) is 16.6 Å². The normalized spacial score (nSPS) is 15.2. The summed E-state index contributed by atoms with van der Waals surface area (Å²) in [5, 5.41) is 15.2. The second-order valence-electron chi connectivity index (χ2n) is 8.52. The number of thiophene rings is 2. The van der Waals surface area contributed by atoms with E-state index in [1.807, 2.05) is 0 Å². The number of hydrogen-bond donors (Lipinski definition) is 1. The summed E-state index contributed by atoms with van der Waals surface area (Å²) in [4.78, 5) is 28.0. The van der Waals surface area contributed by atoms with Crippen molar-refractivity contribution in [1.82, 2.24) is 14.8 Å². The van der Waals surface area contributed by atoms with Gasteiger partial charge in [0.15, 0.2) is 11.0 Å². The SMILES string of the molecule is CCCn1c(SCC(=O)Nc2sc3c(c2C(=O)OCC)CC[C@@H](C)C3)nnc1-c1csc(C)c1. The summed E-state index contributed by atoms with van der Waals surface area (Å²) in [6, 6.07) is 2.11. The third-order valence-electron chi connectivity index (χ3n) is 5.73. The van der Waals surface area contributed by atoms with Gasteiger partial charge >= 0.3 is 5.97 Å². The monoisotopic (exact) mass is 518 g/mol. The van der Waals surface area contributed by atoms with Crippen molar-refractivity contribution in [1.29, 1.82) is 0 Å². The molecule has 0 saturated heterocycles. The number of hydrogen-bond acceptors (Lipinski definition) is 8. The number of aryl methyl sites for hydroxylation is 1. The van der Waals surface area contributed by atoms with Crippen LogP contribution in [-0.4, -0.2) is 39.0 Å². The molecule has 0 saturated carbocycles. The summed E-state index contributed by atoms with van der Waals surface area (Å²) < 4.78 is 7.39. The fourth-order valence-electron chi connectivity index (χ4n) is 4.15. The highest BCUT2D eigenvalue weighted by Crippen LogP contribution is 2.40. The third-order valence-corrected chi connectivity index (χ3v) is 8.73. The minimum atomic E-state index is -0.351. The number of ether oxygens (including phenoxy) is 1. The molecule has 182 valence electrons. The Morgan fingerprint density at radius 3 is 2.85 bits per heavy atom. The lowest BCUT2D eigenvalue weighted by Gasteiger charge is -2.18. The fourth-order valence-corrected chi connectivity index (χ4v) is 7.01. The molecule has 1 amide bonds. The standard InChI is InChI=1S/C24H30N4O3S3/c1-5-9-28-21(16-11-15(4)32-12-16)26-27-24(28)33-13-19(29)25-22-20(23(30)31-6-2)17-8-7-14(3)10-18(17)34-22/h11-12,14H,5-10,13H2,1-4H3,(H,25,29)/t14-/m1/s1. The maximum atomic E-state index is 12.9. The number of anilines is 1. The summed E-state index contributed by atoms with van der Waals surface area (Å²) in [6.45, 7) is 9.29. The van der Waals surface area contributed by atoms with Gasteiger partial charge in [-0.1, -0.05) is 25.6 Å². The number of carbonyl (C=O) groups is 2. The minimum absolute atomic E-state index is 0.166. The number of esters is 1. The summed E-state index contributed by atoms with van der Waals surface area (Å²) in [6.07, 6.45) is 3.76. The van der Waals surface area contributed by atoms with E-state index in [-0.39, 0.29) is 17.6 Å². The van der Waals surface area contributed by atoms with Crippen LogP contribution in [0.5, 0.6) is 0 Å². The highest BCUT2D eigenvalue weighted by Gasteiger charge is 2.29. The van der Waals surface area contributed by atoms with Gasteiger partial charge in [-0.2, -0.15) is 0 Å². The Morgan fingerprint density at radius 2 is 2.15 bits per heavy atom. The maximum absolute atomic E-state index is 12.9.